The van der Waals surface area contributed by atoms with E-state index in [9.17, 15) is 0 Å². The fraction of sp³-hybridized carbons (Fsp3) is 0.294. The third kappa shape index (κ3) is 2.14. The SMILES string of the molecule is CC1(C)CC(Nc2ccc(C#N)cn2)c2ccccc21. The number of benzene rings is 1. The fourth-order valence-corrected chi connectivity index (χ4v) is 3.00. The highest BCUT2D eigenvalue weighted by Crippen LogP contribution is 2.45. The number of anilines is 1. The summed E-state index contributed by atoms with van der Waals surface area (Å²) in [4.78, 5) is 4.30. The van der Waals surface area contributed by atoms with E-state index in [1.54, 1.807) is 12.3 Å². The largest absolute Gasteiger partial charge is 0.363 e. The van der Waals surface area contributed by atoms with Gasteiger partial charge in [0.05, 0.1) is 11.6 Å². The molecular weight excluding hydrogens is 246 g/mol. The molecule has 0 radical (unpaired) electrons. The highest BCUT2D eigenvalue weighted by molar-refractivity contribution is 5.48. The molecule has 0 aliphatic heterocycles. The topological polar surface area (TPSA) is 48.7 Å². The van der Waals surface area contributed by atoms with E-state index in [1.807, 2.05) is 6.07 Å². The molecule has 0 amide bonds. The van der Waals surface area contributed by atoms with Crippen molar-refractivity contribution in [2.75, 3.05) is 5.32 Å². The van der Waals surface area contributed by atoms with Crippen LogP contribution in [0.25, 0.3) is 0 Å². The summed E-state index contributed by atoms with van der Waals surface area (Å²) >= 11 is 0. The van der Waals surface area contributed by atoms with E-state index < -0.39 is 0 Å². The zero-order valence-corrected chi connectivity index (χ0v) is 11.7. The van der Waals surface area contributed by atoms with Crippen molar-refractivity contribution in [3.8, 4) is 6.07 Å². The Kier molecular flexibility index (Phi) is 2.94. The number of hydrogen-bond acceptors (Lipinski definition) is 3. The normalized spacial score (nSPS) is 19.1. The second-order valence-electron chi connectivity index (χ2n) is 5.92. The quantitative estimate of drug-likeness (QED) is 0.896. The van der Waals surface area contributed by atoms with Gasteiger partial charge in [-0.05, 0) is 35.1 Å². The maximum absolute atomic E-state index is 8.80. The number of rotatable bonds is 2. The van der Waals surface area contributed by atoms with Crippen LogP contribution >= 0.6 is 0 Å². The Balaban J connectivity index is 1.87. The molecule has 3 heteroatoms. The van der Waals surface area contributed by atoms with Gasteiger partial charge >= 0.3 is 0 Å². The summed E-state index contributed by atoms with van der Waals surface area (Å²) < 4.78 is 0. The Bertz CT molecular complexity index is 665. The van der Waals surface area contributed by atoms with Gasteiger partial charge in [0.1, 0.15) is 11.9 Å². The number of aromatic nitrogens is 1. The van der Waals surface area contributed by atoms with E-state index in [0.717, 1.165) is 12.2 Å². The highest BCUT2D eigenvalue weighted by atomic mass is 15.0. The van der Waals surface area contributed by atoms with Crippen LogP contribution in [0.2, 0.25) is 0 Å². The third-order valence-corrected chi connectivity index (χ3v) is 3.99. The van der Waals surface area contributed by atoms with Crippen molar-refractivity contribution in [3.63, 3.8) is 0 Å². The Labute approximate surface area is 119 Å². The van der Waals surface area contributed by atoms with Crippen LogP contribution in [0.15, 0.2) is 42.6 Å². The van der Waals surface area contributed by atoms with Crippen molar-refractivity contribution in [1.82, 2.24) is 4.98 Å². The van der Waals surface area contributed by atoms with Crippen molar-refractivity contribution < 1.29 is 0 Å². The van der Waals surface area contributed by atoms with Gasteiger partial charge in [-0.15, -0.1) is 0 Å². The molecule has 20 heavy (non-hydrogen) atoms. The number of pyridine rings is 1. The standard InChI is InChI=1S/C17H17N3/c1-17(2)9-15(13-5-3-4-6-14(13)17)20-16-8-7-12(10-18)11-19-16/h3-8,11,15H,9H2,1-2H3,(H,19,20). The van der Waals surface area contributed by atoms with E-state index in [0.29, 0.717) is 5.56 Å². The first-order chi connectivity index (χ1) is 9.60. The van der Waals surface area contributed by atoms with Gasteiger partial charge < -0.3 is 5.32 Å². The molecule has 0 saturated carbocycles. The molecule has 0 spiro atoms. The van der Waals surface area contributed by atoms with Crippen LogP contribution in [-0.2, 0) is 5.41 Å². The van der Waals surface area contributed by atoms with E-state index in [4.69, 9.17) is 5.26 Å². The maximum Gasteiger partial charge on any atom is 0.126 e. The second-order valence-corrected chi connectivity index (χ2v) is 5.92. The maximum atomic E-state index is 8.80. The average molecular weight is 263 g/mol. The van der Waals surface area contributed by atoms with Crippen LogP contribution in [0.4, 0.5) is 5.82 Å². The molecule has 2 aromatic rings. The molecule has 1 aromatic heterocycles. The van der Waals surface area contributed by atoms with E-state index >= 15 is 0 Å². The number of fused-ring (bicyclic) bond motifs is 1. The summed E-state index contributed by atoms with van der Waals surface area (Å²) in [6.07, 6.45) is 2.66. The molecule has 1 N–H and O–H groups in total. The molecule has 1 aliphatic carbocycles. The number of nitriles is 1. The lowest BCUT2D eigenvalue weighted by molar-refractivity contribution is 0.493. The summed E-state index contributed by atoms with van der Waals surface area (Å²) in [6.45, 7) is 4.56. The van der Waals surface area contributed by atoms with Crippen molar-refractivity contribution in [2.45, 2.75) is 31.7 Å². The van der Waals surface area contributed by atoms with Gasteiger partial charge in [0.2, 0.25) is 0 Å². The van der Waals surface area contributed by atoms with Gasteiger partial charge in [-0.25, -0.2) is 4.98 Å². The van der Waals surface area contributed by atoms with Crippen LogP contribution in [0.3, 0.4) is 0 Å². The van der Waals surface area contributed by atoms with E-state index in [1.165, 1.54) is 11.1 Å². The molecule has 1 aliphatic rings. The average Bonchev–Trinajstić information content (AvgIpc) is 2.72. The summed E-state index contributed by atoms with van der Waals surface area (Å²) in [7, 11) is 0. The molecule has 0 saturated heterocycles. The molecule has 3 rings (SSSR count). The lowest BCUT2D eigenvalue weighted by atomic mass is 9.86. The first-order valence-electron chi connectivity index (χ1n) is 6.82. The van der Waals surface area contributed by atoms with Crippen molar-refractivity contribution >= 4 is 5.82 Å². The minimum Gasteiger partial charge on any atom is -0.363 e. The van der Waals surface area contributed by atoms with Crippen molar-refractivity contribution in [3.05, 3.63) is 59.3 Å². The van der Waals surface area contributed by atoms with Gasteiger partial charge in [-0.2, -0.15) is 5.26 Å². The predicted molar refractivity (Wildman–Crippen MR) is 79.4 cm³/mol. The zero-order valence-electron chi connectivity index (χ0n) is 11.7. The van der Waals surface area contributed by atoms with Crippen molar-refractivity contribution in [2.24, 2.45) is 0 Å². The molecular formula is C17H17N3. The third-order valence-electron chi connectivity index (χ3n) is 3.99. The molecule has 100 valence electrons. The second kappa shape index (κ2) is 4.64. The van der Waals surface area contributed by atoms with Crippen LogP contribution in [0, 0.1) is 11.3 Å². The molecule has 1 heterocycles. The van der Waals surface area contributed by atoms with Gasteiger partial charge in [0.15, 0.2) is 0 Å². The summed E-state index contributed by atoms with van der Waals surface area (Å²) in [5, 5.41) is 12.3. The number of nitrogens with one attached hydrogen (secondary N) is 1. The van der Waals surface area contributed by atoms with Gasteiger partial charge in [-0.3, -0.25) is 0 Å². The van der Waals surface area contributed by atoms with E-state index in [-0.39, 0.29) is 11.5 Å². The summed E-state index contributed by atoms with van der Waals surface area (Å²) in [6, 6.07) is 14.6. The van der Waals surface area contributed by atoms with Gasteiger partial charge in [-0.1, -0.05) is 38.1 Å². The zero-order chi connectivity index (χ0) is 14.2. The van der Waals surface area contributed by atoms with Crippen molar-refractivity contribution in [1.29, 1.82) is 5.26 Å². The Morgan fingerprint density at radius 1 is 1.25 bits per heavy atom. The lowest BCUT2D eigenvalue weighted by Gasteiger charge is -2.19. The minimum absolute atomic E-state index is 0.181. The molecule has 0 bridgehead atoms. The monoisotopic (exact) mass is 263 g/mol. The fourth-order valence-electron chi connectivity index (χ4n) is 3.00. The molecule has 1 aromatic carbocycles. The summed E-state index contributed by atoms with van der Waals surface area (Å²) in [5.74, 6) is 0.821. The molecule has 1 atom stereocenters. The van der Waals surface area contributed by atoms with Crippen LogP contribution < -0.4 is 5.32 Å². The van der Waals surface area contributed by atoms with E-state index in [2.05, 4.69) is 54.5 Å². The van der Waals surface area contributed by atoms with Crippen LogP contribution in [0.5, 0.6) is 0 Å². The molecule has 3 nitrogen and oxygen atoms in total. The number of nitrogens with zero attached hydrogens (tertiary/aromatic N) is 2. The smallest absolute Gasteiger partial charge is 0.126 e. The summed E-state index contributed by atoms with van der Waals surface area (Å²) in [5.41, 5.74) is 3.53. The molecule has 1 unspecified atom stereocenters. The van der Waals surface area contributed by atoms with Gasteiger partial charge in [0, 0.05) is 6.20 Å². The van der Waals surface area contributed by atoms with Crippen LogP contribution in [0.1, 0.15) is 43.0 Å². The number of hydrogen-bond donors (Lipinski definition) is 1. The Morgan fingerprint density at radius 2 is 2.05 bits per heavy atom. The Hall–Kier alpha value is -2.34. The Morgan fingerprint density at radius 3 is 2.75 bits per heavy atom. The lowest BCUT2D eigenvalue weighted by Crippen LogP contribution is -2.14. The molecule has 0 fully saturated rings. The first-order valence-corrected chi connectivity index (χ1v) is 6.82. The minimum atomic E-state index is 0.181. The van der Waals surface area contributed by atoms with Crippen LogP contribution in [-0.4, -0.2) is 4.98 Å². The first kappa shape index (κ1) is 12.7. The van der Waals surface area contributed by atoms with Gasteiger partial charge in [0.25, 0.3) is 0 Å². The predicted octanol–water partition coefficient (Wildman–Crippen LogP) is 3.79. The highest BCUT2D eigenvalue weighted by Gasteiger charge is 2.36.